The summed E-state index contributed by atoms with van der Waals surface area (Å²) in [4.78, 5) is 13.2. The monoisotopic (exact) mass is 416 g/mol. The van der Waals surface area contributed by atoms with E-state index in [1.54, 1.807) is 0 Å². The second-order valence-corrected chi connectivity index (χ2v) is 8.67. The quantitative estimate of drug-likeness (QED) is 0.356. The summed E-state index contributed by atoms with van der Waals surface area (Å²) in [6.45, 7) is 0. The van der Waals surface area contributed by atoms with Crippen molar-refractivity contribution in [3.63, 3.8) is 0 Å². The average Bonchev–Trinajstić information content (AvgIpc) is 3.34. The number of amides is 1. The number of benzene rings is 4. The zero-order chi connectivity index (χ0) is 21.5. The molecule has 0 spiro atoms. The van der Waals surface area contributed by atoms with Crippen LogP contribution in [-0.4, -0.2) is 5.91 Å². The van der Waals surface area contributed by atoms with E-state index in [0.717, 1.165) is 17.8 Å². The van der Waals surface area contributed by atoms with Gasteiger partial charge in [-0.1, -0.05) is 78.9 Å². The molecule has 0 bridgehead atoms. The summed E-state index contributed by atoms with van der Waals surface area (Å²) >= 11 is 0. The summed E-state index contributed by atoms with van der Waals surface area (Å²) < 4.78 is 0. The molecule has 3 heteroatoms. The Labute approximate surface area is 187 Å². The third-order valence-electron chi connectivity index (χ3n) is 6.81. The molecule has 4 aromatic carbocycles. The second-order valence-electron chi connectivity index (χ2n) is 8.67. The summed E-state index contributed by atoms with van der Waals surface area (Å²) in [6, 6.07) is 31.0. The third-order valence-corrected chi connectivity index (χ3v) is 6.81. The van der Waals surface area contributed by atoms with Crippen molar-refractivity contribution in [3.05, 3.63) is 120 Å². The van der Waals surface area contributed by atoms with Crippen LogP contribution in [0.4, 0.5) is 11.4 Å². The lowest BCUT2D eigenvalue weighted by Crippen LogP contribution is -2.30. The first kappa shape index (κ1) is 18.9. The number of nitrogens with one attached hydrogen (secondary N) is 2. The first-order valence-corrected chi connectivity index (χ1v) is 11.2. The first-order valence-electron chi connectivity index (χ1n) is 11.2. The number of hydrogen-bond donors (Lipinski definition) is 2. The normalized spacial score (nSPS) is 20.9. The Balaban J connectivity index is 1.41. The number of anilines is 2. The minimum atomic E-state index is -0.0850. The second kappa shape index (κ2) is 7.69. The van der Waals surface area contributed by atoms with Gasteiger partial charge >= 0.3 is 0 Å². The van der Waals surface area contributed by atoms with E-state index in [0.29, 0.717) is 17.4 Å². The van der Waals surface area contributed by atoms with Crippen LogP contribution in [0.1, 0.15) is 39.9 Å². The van der Waals surface area contributed by atoms with Gasteiger partial charge in [0.25, 0.3) is 5.91 Å². The van der Waals surface area contributed by atoms with Crippen LogP contribution in [0.5, 0.6) is 0 Å². The van der Waals surface area contributed by atoms with Crippen LogP contribution in [0.3, 0.4) is 0 Å². The van der Waals surface area contributed by atoms with E-state index in [2.05, 4.69) is 71.3 Å². The van der Waals surface area contributed by atoms with Crippen molar-refractivity contribution in [3.8, 4) is 0 Å². The highest BCUT2D eigenvalue weighted by atomic mass is 16.1. The minimum absolute atomic E-state index is 0.0850. The summed E-state index contributed by atoms with van der Waals surface area (Å²) in [5, 5.41) is 9.33. The van der Waals surface area contributed by atoms with Crippen LogP contribution in [0, 0.1) is 5.92 Å². The molecular weight excluding hydrogens is 392 g/mol. The Morgan fingerprint density at radius 2 is 1.66 bits per heavy atom. The molecule has 6 rings (SSSR count). The van der Waals surface area contributed by atoms with Gasteiger partial charge in [-0.15, -0.1) is 0 Å². The van der Waals surface area contributed by atoms with E-state index in [-0.39, 0.29) is 11.9 Å². The van der Waals surface area contributed by atoms with E-state index in [1.165, 1.54) is 21.9 Å². The molecule has 0 radical (unpaired) electrons. The van der Waals surface area contributed by atoms with Crippen LogP contribution in [0.2, 0.25) is 0 Å². The Morgan fingerprint density at radius 1 is 0.844 bits per heavy atom. The molecule has 0 fully saturated rings. The number of para-hydroxylation sites is 2. The van der Waals surface area contributed by atoms with Crippen molar-refractivity contribution < 1.29 is 4.79 Å². The molecule has 4 aromatic rings. The molecule has 1 aliphatic heterocycles. The largest absolute Gasteiger partial charge is 0.377 e. The van der Waals surface area contributed by atoms with E-state index in [4.69, 9.17) is 0 Å². The molecule has 32 heavy (non-hydrogen) atoms. The predicted octanol–water partition coefficient (Wildman–Crippen LogP) is 6.92. The fraction of sp³-hybridized carbons (Fsp3) is 0.138. The maximum Gasteiger partial charge on any atom is 0.257 e. The molecule has 0 saturated carbocycles. The molecule has 1 aliphatic carbocycles. The standard InChI is InChI=1S/C29H24N2O/c32-29(30-22-10-2-1-3-11-22)26-15-7-14-25-23-12-6-13-24(23)27(31-28(25)26)21-17-16-19-8-4-5-9-20(19)18-21/h1-12,14-18,23-24,27,31H,13H2,(H,30,32). The SMILES string of the molecule is O=C(Nc1ccccc1)c1cccc2c1NC(c1ccc3ccccc3c1)C1CC=CC21. The predicted molar refractivity (Wildman–Crippen MR) is 131 cm³/mol. The number of carbonyl (C=O) groups excluding carboxylic acids is 1. The highest BCUT2D eigenvalue weighted by Crippen LogP contribution is 2.50. The lowest BCUT2D eigenvalue weighted by molar-refractivity contribution is 0.102. The van der Waals surface area contributed by atoms with Crippen molar-refractivity contribution >= 4 is 28.1 Å². The number of fused-ring (bicyclic) bond motifs is 4. The molecule has 3 nitrogen and oxygen atoms in total. The Kier molecular flexibility index (Phi) is 4.53. The molecule has 3 atom stereocenters. The maximum absolute atomic E-state index is 13.2. The molecule has 1 amide bonds. The van der Waals surface area contributed by atoms with Gasteiger partial charge in [-0.2, -0.15) is 0 Å². The van der Waals surface area contributed by atoms with Gasteiger partial charge in [0.2, 0.25) is 0 Å². The summed E-state index contributed by atoms with van der Waals surface area (Å²) in [6.07, 6.45) is 5.64. The van der Waals surface area contributed by atoms with Crippen LogP contribution in [0.15, 0.2) is 103 Å². The Hall–Kier alpha value is -3.85. The zero-order valence-electron chi connectivity index (χ0n) is 17.7. The van der Waals surface area contributed by atoms with Crippen LogP contribution in [-0.2, 0) is 0 Å². The molecule has 3 unspecified atom stereocenters. The molecule has 156 valence electrons. The van der Waals surface area contributed by atoms with E-state index in [1.807, 2.05) is 42.5 Å². The number of hydrogen-bond acceptors (Lipinski definition) is 2. The van der Waals surface area contributed by atoms with E-state index < -0.39 is 0 Å². The molecule has 1 heterocycles. The van der Waals surface area contributed by atoms with Crippen molar-refractivity contribution in [2.75, 3.05) is 10.6 Å². The zero-order valence-corrected chi connectivity index (χ0v) is 17.7. The summed E-state index contributed by atoms with van der Waals surface area (Å²) in [5.41, 5.74) is 4.92. The van der Waals surface area contributed by atoms with Crippen LogP contribution >= 0.6 is 0 Å². The van der Waals surface area contributed by atoms with Crippen molar-refractivity contribution in [2.45, 2.75) is 18.4 Å². The van der Waals surface area contributed by atoms with Gasteiger partial charge in [0.1, 0.15) is 0 Å². The van der Waals surface area contributed by atoms with Crippen LogP contribution < -0.4 is 10.6 Å². The maximum atomic E-state index is 13.2. The van der Waals surface area contributed by atoms with Gasteiger partial charge in [0, 0.05) is 11.6 Å². The fourth-order valence-electron chi connectivity index (χ4n) is 5.26. The van der Waals surface area contributed by atoms with Gasteiger partial charge in [0.15, 0.2) is 0 Å². The van der Waals surface area contributed by atoms with Gasteiger partial charge in [0.05, 0.1) is 17.3 Å². The van der Waals surface area contributed by atoms with Gasteiger partial charge in [-0.3, -0.25) is 4.79 Å². The topological polar surface area (TPSA) is 41.1 Å². The minimum Gasteiger partial charge on any atom is -0.377 e. The Bertz CT molecular complexity index is 1340. The van der Waals surface area contributed by atoms with Crippen molar-refractivity contribution in [1.82, 2.24) is 0 Å². The molecular formula is C29H24N2O. The smallest absolute Gasteiger partial charge is 0.257 e. The van der Waals surface area contributed by atoms with Crippen molar-refractivity contribution in [2.24, 2.45) is 5.92 Å². The third kappa shape index (κ3) is 3.18. The van der Waals surface area contributed by atoms with E-state index >= 15 is 0 Å². The number of rotatable bonds is 3. The molecule has 0 aromatic heterocycles. The molecule has 2 N–H and O–H groups in total. The van der Waals surface area contributed by atoms with Gasteiger partial charge in [-0.25, -0.2) is 0 Å². The highest BCUT2D eigenvalue weighted by Gasteiger charge is 2.39. The number of carbonyl (C=O) groups is 1. The first-order chi connectivity index (χ1) is 15.8. The lowest BCUT2D eigenvalue weighted by Gasteiger charge is -2.38. The van der Waals surface area contributed by atoms with Crippen molar-refractivity contribution in [1.29, 1.82) is 0 Å². The van der Waals surface area contributed by atoms with Gasteiger partial charge < -0.3 is 10.6 Å². The average molecular weight is 417 g/mol. The summed E-state index contributed by atoms with van der Waals surface area (Å²) in [5.74, 6) is 0.668. The summed E-state index contributed by atoms with van der Waals surface area (Å²) in [7, 11) is 0. The lowest BCUT2D eigenvalue weighted by atomic mass is 9.76. The number of allylic oxidation sites excluding steroid dienone is 2. The Morgan fingerprint density at radius 3 is 2.53 bits per heavy atom. The highest BCUT2D eigenvalue weighted by molar-refractivity contribution is 6.08. The van der Waals surface area contributed by atoms with E-state index in [9.17, 15) is 4.79 Å². The van der Waals surface area contributed by atoms with Gasteiger partial charge in [-0.05, 0) is 58.5 Å². The molecule has 2 aliphatic rings. The molecule has 0 saturated heterocycles. The fourth-order valence-corrected chi connectivity index (χ4v) is 5.26. The van der Waals surface area contributed by atoms with Crippen LogP contribution in [0.25, 0.3) is 10.8 Å².